The molecule has 32 heavy (non-hydrogen) atoms. The summed E-state index contributed by atoms with van der Waals surface area (Å²) in [6.07, 6.45) is 0.699. The third-order valence-corrected chi connectivity index (χ3v) is 5.23. The van der Waals surface area contributed by atoms with Crippen molar-refractivity contribution in [1.29, 1.82) is 0 Å². The number of non-ortho nitro benzene ring substituents is 2. The minimum atomic E-state index is -0.806. The fourth-order valence-electron chi connectivity index (χ4n) is 3.54. The Kier molecular flexibility index (Phi) is 7.11. The second-order valence-electron chi connectivity index (χ2n) is 7.31. The molecule has 1 heterocycles. The Labute approximate surface area is 183 Å². The Bertz CT molecular complexity index is 1020. The number of fused-ring (bicyclic) bond motifs is 1. The van der Waals surface area contributed by atoms with Gasteiger partial charge in [0.1, 0.15) is 6.54 Å². The number of hydrogen-bond donors (Lipinski definition) is 0. The largest absolute Gasteiger partial charge is 0.383 e. The van der Waals surface area contributed by atoms with Crippen molar-refractivity contribution in [2.45, 2.75) is 13.0 Å². The summed E-state index contributed by atoms with van der Waals surface area (Å²) in [5.74, 6) is -1.01. The molecule has 0 bridgehead atoms. The van der Waals surface area contributed by atoms with Gasteiger partial charge in [-0.25, -0.2) is 0 Å². The summed E-state index contributed by atoms with van der Waals surface area (Å²) < 4.78 is 5.02. The van der Waals surface area contributed by atoms with Crippen LogP contribution in [0.5, 0.6) is 0 Å². The van der Waals surface area contributed by atoms with Gasteiger partial charge in [-0.1, -0.05) is 24.3 Å². The number of nitrogens with zero attached hydrogens (tertiary/aromatic N) is 4. The van der Waals surface area contributed by atoms with Gasteiger partial charge in [-0.3, -0.25) is 29.8 Å². The van der Waals surface area contributed by atoms with E-state index in [0.717, 1.165) is 23.8 Å². The van der Waals surface area contributed by atoms with Gasteiger partial charge in [-0.15, -0.1) is 0 Å². The standard InChI is InChI=1S/C21H22N4O7/c1-32-9-8-23(14-20(26)22-7-6-15-4-2-3-5-16(15)13-22)21(27)17-10-18(24(28)29)12-19(11-17)25(30)31/h2-5,10-12H,6-9,13-14H2,1H3. The van der Waals surface area contributed by atoms with Crippen molar-refractivity contribution in [2.75, 3.05) is 33.4 Å². The normalized spacial score (nSPS) is 12.7. The van der Waals surface area contributed by atoms with Crippen molar-refractivity contribution in [2.24, 2.45) is 0 Å². The van der Waals surface area contributed by atoms with Crippen LogP contribution >= 0.6 is 0 Å². The average Bonchev–Trinajstić information content (AvgIpc) is 2.80. The van der Waals surface area contributed by atoms with Gasteiger partial charge in [0, 0.05) is 38.9 Å². The molecule has 2 aromatic carbocycles. The molecule has 0 unspecified atom stereocenters. The summed E-state index contributed by atoms with van der Waals surface area (Å²) in [4.78, 5) is 49.5. The second kappa shape index (κ2) is 9.96. The highest BCUT2D eigenvalue weighted by atomic mass is 16.6. The first kappa shape index (κ1) is 22.8. The monoisotopic (exact) mass is 442 g/mol. The number of carbonyl (C=O) groups is 2. The zero-order chi connectivity index (χ0) is 23.3. The van der Waals surface area contributed by atoms with E-state index in [9.17, 15) is 29.8 Å². The molecular formula is C21H22N4O7. The van der Waals surface area contributed by atoms with E-state index in [0.29, 0.717) is 19.5 Å². The van der Waals surface area contributed by atoms with E-state index in [1.54, 1.807) is 4.90 Å². The van der Waals surface area contributed by atoms with Crippen molar-refractivity contribution in [3.63, 3.8) is 0 Å². The SMILES string of the molecule is COCCN(CC(=O)N1CCc2ccccc2C1)C(=O)c1cc([N+](=O)[O-])cc([N+](=O)[O-])c1. The van der Waals surface area contributed by atoms with Gasteiger partial charge < -0.3 is 14.5 Å². The number of carbonyl (C=O) groups excluding carboxylic acids is 2. The van der Waals surface area contributed by atoms with Crippen LogP contribution in [0.4, 0.5) is 11.4 Å². The fraction of sp³-hybridized carbons (Fsp3) is 0.333. The Balaban J connectivity index is 1.82. The van der Waals surface area contributed by atoms with E-state index >= 15 is 0 Å². The van der Waals surface area contributed by atoms with E-state index in [1.165, 1.54) is 17.6 Å². The first-order chi connectivity index (χ1) is 15.3. The first-order valence-electron chi connectivity index (χ1n) is 9.86. The number of benzene rings is 2. The van der Waals surface area contributed by atoms with Crippen LogP contribution in [0.15, 0.2) is 42.5 Å². The lowest BCUT2D eigenvalue weighted by molar-refractivity contribution is -0.394. The topological polar surface area (TPSA) is 136 Å². The molecule has 11 heteroatoms. The summed E-state index contributed by atoms with van der Waals surface area (Å²) in [5, 5.41) is 22.3. The summed E-state index contributed by atoms with van der Waals surface area (Å²) in [6.45, 7) is 0.815. The third kappa shape index (κ3) is 5.24. The molecule has 0 radical (unpaired) electrons. The second-order valence-corrected chi connectivity index (χ2v) is 7.31. The van der Waals surface area contributed by atoms with Gasteiger partial charge in [-0.2, -0.15) is 0 Å². The van der Waals surface area contributed by atoms with E-state index < -0.39 is 27.1 Å². The van der Waals surface area contributed by atoms with Gasteiger partial charge in [-0.05, 0) is 17.5 Å². The van der Waals surface area contributed by atoms with E-state index in [1.807, 2.05) is 24.3 Å². The van der Waals surface area contributed by atoms with Crippen LogP contribution in [-0.2, 0) is 22.5 Å². The van der Waals surface area contributed by atoms with E-state index in [2.05, 4.69) is 0 Å². The van der Waals surface area contributed by atoms with E-state index in [4.69, 9.17) is 4.74 Å². The molecule has 0 N–H and O–H groups in total. The molecule has 0 aliphatic carbocycles. The quantitative estimate of drug-likeness (QED) is 0.451. The number of rotatable bonds is 8. The highest BCUT2D eigenvalue weighted by Gasteiger charge is 2.27. The Hall–Kier alpha value is -3.86. The molecule has 0 spiro atoms. The Morgan fingerprint density at radius 2 is 1.69 bits per heavy atom. The predicted octanol–water partition coefficient (Wildman–Crippen LogP) is 2.18. The number of amides is 2. The minimum Gasteiger partial charge on any atom is -0.383 e. The molecule has 0 atom stereocenters. The molecule has 11 nitrogen and oxygen atoms in total. The molecule has 1 aliphatic heterocycles. The molecular weight excluding hydrogens is 420 g/mol. The zero-order valence-electron chi connectivity index (χ0n) is 17.4. The molecule has 3 rings (SSSR count). The number of nitro groups is 2. The van der Waals surface area contributed by atoms with Gasteiger partial charge in [0.2, 0.25) is 5.91 Å². The maximum Gasteiger partial charge on any atom is 0.277 e. The molecule has 2 aromatic rings. The van der Waals surface area contributed by atoms with Crippen LogP contribution < -0.4 is 0 Å². The molecule has 1 aliphatic rings. The average molecular weight is 442 g/mol. The highest BCUT2D eigenvalue weighted by Crippen LogP contribution is 2.24. The first-order valence-corrected chi connectivity index (χ1v) is 9.86. The van der Waals surface area contributed by atoms with Crippen LogP contribution in [0.3, 0.4) is 0 Å². The van der Waals surface area contributed by atoms with Crippen molar-refractivity contribution in [3.8, 4) is 0 Å². The summed E-state index contributed by atoms with van der Waals surface area (Å²) in [5.41, 5.74) is 0.823. The molecule has 0 aromatic heterocycles. The summed E-state index contributed by atoms with van der Waals surface area (Å²) in [7, 11) is 1.43. The lowest BCUT2D eigenvalue weighted by Crippen LogP contribution is -2.45. The smallest absolute Gasteiger partial charge is 0.277 e. The van der Waals surface area contributed by atoms with Crippen molar-refractivity contribution in [3.05, 3.63) is 79.4 Å². The lowest BCUT2D eigenvalue weighted by Gasteiger charge is -2.31. The van der Waals surface area contributed by atoms with Gasteiger partial charge in [0.05, 0.1) is 28.1 Å². The molecule has 0 saturated heterocycles. The number of methoxy groups -OCH3 is 1. The molecule has 2 amide bonds. The summed E-state index contributed by atoms with van der Waals surface area (Å²) in [6, 6.07) is 10.5. The fourth-order valence-corrected chi connectivity index (χ4v) is 3.54. The number of hydrogen-bond acceptors (Lipinski definition) is 7. The van der Waals surface area contributed by atoms with Crippen molar-refractivity contribution in [1.82, 2.24) is 9.80 Å². The van der Waals surface area contributed by atoms with Gasteiger partial charge in [0.15, 0.2) is 0 Å². The minimum absolute atomic E-state index is 0.0436. The van der Waals surface area contributed by atoms with Crippen molar-refractivity contribution >= 4 is 23.2 Å². The van der Waals surface area contributed by atoms with Gasteiger partial charge >= 0.3 is 0 Å². The van der Waals surface area contributed by atoms with Crippen LogP contribution in [0, 0.1) is 20.2 Å². The molecule has 168 valence electrons. The molecule has 0 fully saturated rings. The van der Waals surface area contributed by atoms with Crippen LogP contribution in [0.1, 0.15) is 21.5 Å². The van der Waals surface area contributed by atoms with Crippen LogP contribution in [0.25, 0.3) is 0 Å². The predicted molar refractivity (Wildman–Crippen MR) is 113 cm³/mol. The maximum absolute atomic E-state index is 13.1. The molecule has 0 saturated carbocycles. The lowest BCUT2D eigenvalue weighted by atomic mass is 10.00. The highest BCUT2D eigenvalue weighted by molar-refractivity contribution is 5.97. The maximum atomic E-state index is 13.1. The Morgan fingerprint density at radius 3 is 2.28 bits per heavy atom. The zero-order valence-corrected chi connectivity index (χ0v) is 17.4. The summed E-state index contributed by atoms with van der Waals surface area (Å²) >= 11 is 0. The van der Waals surface area contributed by atoms with Crippen molar-refractivity contribution < 1.29 is 24.2 Å². The van der Waals surface area contributed by atoms with Crippen LogP contribution in [-0.4, -0.2) is 64.8 Å². The van der Waals surface area contributed by atoms with E-state index in [-0.39, 0.29) is 31.2 Å². The number of ether oxygens (including phenoxy) is 1. The Morgan fingerprint density at radius 1 is 1.06 bits per heavy atom. The third-order valence-electron chi connectivity index (χ3n) is 5.23. The van der Waals surface area contributed by atoms with Gasteiger partial charge in [0.25, 0.3) is 17.3 Å². The number of nitro benzene ring substituents is 2. The van der Waals surface area contributed by atoms with Crippen LogP contribution in [0.2, 0.25) is 0 Å².